The van der Waals surface area contributed by atoms with Crippen molar-refractivity contribution in [3.8, 4) is 0 Å². The van der Waals surface area contributed by atoms with Crippen molar-refractivity contribution < 1.29 is 18.5 Å². The fourth-order valence-electron chi connectivity index (χ4n) is 1.63. The van der Waals surface area contributed by atoms with Gasteiger partial charge < -0.3 is 10.0 Å². The molecule has 1 N–H and O–H groups in total. The molecule has 0 amide bonds. The van der Waals surface area contributed by atoms with Crippen LogP contribution < -0.4 is 5.31 Å². The van der Waals surface area contributed by atoms with E-state index in [9.17, 15) is 0 Å². The first-order chi connectivity index (χ1) is 10.7. The molecule has 2 aliphatic rings. The van der Waals surface area contributed by atoms with Crippen molar-refractivity contribution in [3.05, 3.63) is 21.9 Å². The van der Waals surface area contributed by atoms with Gasteiger partial charge in [0.05, 0.1) is 13.6 Å². The number of hydrogen-bond donors (Lipinski definition) is 1. The van der Waals surface area contributed by atoms with Crippen molar-refractivity contribution in [2.75, 3.05) is 19.6 Å². The van der Waals surface area contributed by atoms with Crippen LogP contribution in [0.15, 0.2) is 11.4 Å². The minimum Gasteiger partial charge on any atom is -0.370 e. The zero-order valence-corrected chi connectivity index (χ0v) is 8.07. The van der Waals surface area contributed by atoms with Gasteiger partial charge in [-0.1, -0.05) is 0 Å². The Morgan fingerprint density at radius 1 is 1.64 bits per heavy atom. The van der Waals surface area contributed by atoms with E-state index in [2.05, 4.69) is 0 Å². The lowest BCUT2D eigenvalue weighted by Gasteiger charge is -2.40. The van der Waals surface area contributed by atoms with E-state index in [4.69, 9.17) is 18.5 Å². The summed E-state index contributed by atoms with van der Waals surface area (Å²) in [5, 5.41) is -0.262. The van der Waals surface area contributed by atoms with E-state index in [-0.39, 0.29) is 22.8 Å². The number of thiophene rings is 1. The van der Waals surface area contributed by atoms with Crippen LogP contribution in [0.25, 0.3) is 0 Å². The molecule has 76 valence electrons. The Morgan fingerprint density at radius 2 is 2.50 bits per heavy atom. The van der Waals surface area contributed by atoms with Crippen molar-refractivity contribution in [1.29, 1.82) is 0 Å². The zero-order valence-electron chi connectivity index (χ0n) is 17.3. The van der Waals surface area contributed by atoms with Gasteiger partial charge >= 0.3 is 0 Å². The molecule has 3 rings (SSSR count). The average molecular weight is 219 g/mol. The summed E-state index contributed by atoms with van der Waals surface area (Å²) in [5.74, 6) is 0. The topological polar surface area (TPSA) is 21.3 Å². The number of rotatable bonds is 0. The molecule has 1 spiro atoms. The summed E-state index contributed by atoms with van der Waals surface area (Å²) in [5.41, 5.74) is -2.65. The van der Waals surface area contributed by atoms with E-state index in [0.717, 1.165) is 11.3 Å². The van der Waals surface area contributed by atoms with E-state index in [1.807, 2.05) is 0 Å². The third kappa shape index (κ3) is 1.23. The minimum atomic E-state index is -3.17. The monoisotopic (exact) mass is 219 g/mol. The molecule has 0 aliphatic carbocycles. The number of hydrogen-bond acceptors (Lipinski definition) is 3. The molecule has 0 bridgehead atoms. The highest BCUT2D eigenvalue weighted by Gasteiger charge is 2.39. The van der Waals surface area contributed by atoms with Crippen LogP contribution in [0, 0.1) is 0 Å². The predicted octanol–water partition coefficient (Wildman–Crippen LogP) is 1.90. The second-order valence-corrected chi connectivity index (χ2v) is 4.00. The van der Waals surface area contributed by atoms with Crippen LogP contribution in [0.3, 0.4) is 0 Å². The summed E-state index contributed by atoms with van der Waals surface area (Å²) >= 11 is 1.01. The van der Waals surface area contributed by atoms with Crippen LogP contribution in [0.1, 0.15) is 35.5 Å². The second kappa shape index (κ2) is 3.33. The maximum absolute atomic E-state index is 8.32. The van der Waals surface area contributed by atoms with Gasteiger partial charge in [-0.15, -0.1) is 11.3 Å². The highest BCUT2D eigenvalue weighted by atomic mass is 32.1. The summed E-state index contributed by atoms with van der Waals surface area (Å²) in [6.45, 7) is -6.46. The molecule has 0 saturated carbocycles. The van der Waals surface area contributed by atoms with Gasteiger partial charge in [-0.2, -0.15) is 0 Å². The first kappa shape index (κ1) is 3.30. The Balaban J connectivity index is 2.41. The highest BCUT2D eigenvalue weighted by molar-refractivity contribution is 7.10. The van der Waals surface area contributed by atoms with Crippen molar-refractivity contribution in [2.45, 2.75) is 24.8 Å². The van der Waals surface area contributed by atoms with Gasteiger partial charge in [-0.3, -0.25) is 0 Å². The van der Waals surface area contributed by atoms with Crippen LogP contribution in [0.5, 0.6) is 0 Å². The molecule has 1 aromatic heterocycles. The Hall–Kier alpha value is -0.380. The molecule has 2 nitrogen and oxygen atoms in total. The van der Waals surface area contributed by atoms with Crippen molar-refractivity contribution in [3.63, 3.8) is 0 Å². The van der Waals surface area contributed by atoms with Crippen LogP contribution in [-0.2, 0) is 16.8 Å². The van der Waals surface area contributed by atoms with Gasteiger partial charge in [-0.25, -0.2) is 0 Å². The van der Waals surface area contributed by atoms with E-state index in [1.54, 1.807) is 0 Å². The largest absolute Gasteiger partial charge is 0.370 e. The van der Waals surface area contributed by atoms with Gasteiger partial charge in [0.25, 0.3) is 0 Å². The number of piperidine rings is 1. The van der Waals surface area contributed by atoms with Crippen molar-refractivity contribution in [2.24, 2.45) is 0 Å². The molecular weight excluding hydrogens is 194 g/mol. The van der Waals surface area contributed by atoms with Crippen LogP contribution in [0.4, 0.5) is 0 Å². The molecular formula is C11H15NOS. The Labute approximate surface area is 102 Å². The molecule has 3 heteroatoms. The zero-order chi connectivity index (χ0) is 18.3. The molecule has 14 heavy (non-hydrogen) atoms. The normalized spacial score (nSPS) is 51.1. The van der Waals surface area contributed by atoms with Gasteiger partial charge in [-0.05, 0) is 42.7 Å². The molecule has 0 atom stereocenters. The third-order valence-corrected chi connectivity index (χ3v) is 3.19. The second-order valence-electron chi connectivity index (χ2n) is 3.07. The Morgan fingerprint density at radius 3 is 3.36 bits per heavy atom. The molecule has 1 saturated heterocycles. The van der Waals surface area contributed by atoms with Gasteiger partial charge in [0, 0.05) is 22.3 Å². The lowest BCUT2D eigenvalue weighted by molar-refractivity contribution is -0.0792. The maximum Gasteiger partial charge on any atom is 0.122 e. The summed E-state index contributed by atoms with van der Waals surface area (Å²) in [7, 11) is 0. The Bertz CT molecular complexity index is 658. The number of nitrogens with one attached hydrogen (secondary N) is 1. The molecule has 2 aliphatic heterocycles. The fraction of sp³-hybridized carbons (Fsp3) is 0.636. The lowest BCUT2D eigenvalue weighted by Crippen LogP contribution is -2.44. The summed E-state index contributed by atoms with van der Waals surface area (Å²) in [6, 6.07) is 1.21. The Kier molecular flexibility index (Phi) is 0.786. The van der Waals surface area contributed by atoms with E-state index in [0.29, 0.717) is 11.3 Å². The molecule has 3 heterocycles. The first-order valence-electron chi connectivity index (χ1n) is 9.23. The molecule has 0 unspecified atom stereocenters. The number of ether oxygens (including phenoxy) is 1. The molecule has 1 fully saturated rings. The summed E-state index contributed by atoms with van der Waals surface area (Å²) in [4.78, 5) is 0.476. The van der Waals surface area contributed by atoms with Crippen LogP contribution in [0.2, 0.25) is 1.41 Å². The molecule has 0 radical (unpaired) electrons. The average Bonchev–Trinajstić information content (AvgIpc) is 2.84. The van der Waals surface area contributed by atoms with Gasteiger partial charge in [0.1, 0.15) is 1.41 Å². The smallest absolute Gasteiger partial charge is 0.122 e. The van der Waals surface area contributed by atoms with Crippen LogP contribution >= 0.6 is 11.3 Å². The maximum atomic E-state index is 8.32. The summed E-state index contributed by atoms with van der Waals surface area (Å²) in [6.07, 6.45) is -5.86. The van der Waals surface area contributed by atoms with E-state index in [1.165, 1.54) is 6.07 Å². The third-order valence-electron chi connectivity index (χ3n) is 2.29. The van der Waals surface area contributed by atoms with Gasteiger partial charge in [0.15, 0.2) is 0 Å². The summed E-state index contributed by atoms with van der Waals surface area (Å²) < 4.78 is 86.1. The SMILES string of the molecule is [2H]c1cc2c(s1)CCOC21C([2H])([2H])C([2H])([2H])N([2H])C([2H])([2H])C1([2H])[2H]. The van der Waals surface area contributed by atoms with E-state index >= 15 is 0 Å². The first-order valence-corrected chi connectivity index (χ1v) is 5.10. The predicted molar refractivity (Wildman–Crippen MR) is 57.8 cm³/mol. The highest BCUT2D eigenvalue weighted by Crippen LogP contribution is 2.41. The quantitative estimate of drug-likeness (QED) is 0.719. The van der Waals surface area contributed by atoms with Crippen molar-refractivity contribution in [1.82, 2.24) is 5.31 Å². The van der Waals surface area contributed by atoms with E-state index < -0.39 is 31.3 Å². The molecule has 1 aromatic rings. The minimum absolute atomic E-state index is 0.0332. The van der Waals surface area contributed by atoms with Crippen LogP contribution in [-0.4, -0.2) is 19.6 Å². The lowest BCUT2D eigenvalue weighted by atomic mass is 9.83. The molecule has 0 aromatic carbocycles. The fourth-order valence-corrected chi connectivity index (χ4v) is 2.45. The van der Waals surface area contributed by atoms with Crippen molar-refractivity contribution >= 4 is 11.3 Å². The number of fused-ring (bicyclic) bond motifs is 2. The standard InChI is InChI=1S/C11H15NOS/c1-7-13-11(3-5-12-6-4-11)9-2-8-14-10(1)9/h2,8,12H,1,3-7H2/i3D2,4D2,5D2,6D2,8D/hD. The van der Waals surface area contributed by atoms with Gasteiger partial charge in [0.2, 0.25) is 0 Å².